The fraction of sp³-hybridized carbons (Fsp3) is 0.409. The van der Waals surface area contributed by atoms with Crippen LogP contribution in [0.2, 0.25) is 0 Å². The lowest BCUT2D eigenvalue weighted by Crippen LogP contribution is -2.57. The van der Waals surface area contributed by atoms with Gasteiger partial charge in [-0.05, 0) is 18.1 Å². The summed E-state index contributed by atoms with van der Waals surface area (Å²) in [5.74, 6) is -4.49. The number of piperidine rings is 1. The van der Waals surface area contributed by atoms with Crippen LogP contribution in [-0.4, -0.2) is 60.6 Å². The van der Waals surface area contributed by atoms with Crippen LogP contribution in [0.4, 0.5) is 27.9 Å². The maximum absolute atomic E-state index is 14.5. The maximum atomic E-state index is 14.5. The average molecular weight is 495 g/mol. The van der Waals surface area contributed by atoms with E-state index in [1.165, 1.54) is 17.1 Å². The van der Waals surface area contributed by atoms with Gasteiger partial charge in [0.15, 0.2) is 0 Å². The highest BCUT2D eigenvalue weighted by atomic mass is 19.4. The molecule has 35 heavy (non-hydrogen) atoms. The molecule has 3 aromatic rings. The van der Waals surface area contributed by atoms with Crippen LogP contribution in [0.3, 0.4) is 0 Å². The molecular formula is C22H22F5N7O. The van der Waals surface area contributed by atoms with Crippen molar-refractivity contribution < 1.29 is 26.7 Å². The molecule has 1 amide bonds. The Morgan fingerprint density at radius 3 is 2.54 bits per heavy atom. The normalized spacial score (nSPS) is 20.0. The second kappa shape index (κ2) is 9.19. The summed E-state index contributed by atoms with van der Waals surface area (Å²) in [6.45, 7) is 0.747. The average Bonchev–Trinajstić information content (AvgIpc) is 3.19. The number of carbonyl (C=O) groups is 1. The van der Waals surface area contributed by atoms with Crippen molar-refractivity contribution >= 4 is 11.9 Å². The summed E-state index contributed by atoms with van der Waals surface area (Å²) >= 11 is 0. The first-order chi connectivity index (χ1) is 16.4. The molecule has 2 unspecified atom stereocenters. The molecule has 1 saturated heterocycles. The lowest BCUT2D eigenvalue weighted by Gasteiger charge is -2.43. The number of aromatic nitrogens is 5. The lowest BCUT2D eigenvalue weighted by atomic mass is 9.88. The number of rotatable bonds is 5. The Bertz CT molecular complexity index is 1180. The van der Waals surface area contributed by atoms with Crippen LogP contribution in [0.25, 0.3) is 11.4 Å². The van der Waals surface area contributed by atoms with Gasteiger partial charge in [-0.2, -0.15) is 18.3 Å². The number of nitrogens with zero attached hydrogens (tertiary/aromatic N) is 6. The number of alkyl halides is 5. The molecule has 4 rings (SSSR count). The summed E-state index contributed by atoms with van der Waals surface area (Å²) in [5.41, 5.74) is -0.213. The highest BCUT2D eigenvalue weighted by Gasteiger charge is 2.46. The number of aryl methyl sites for hydroxylation is 1. The van der Waals surface area contributed by atoms with Gasteiger partial charge < -0.3 is 10.2 Å². The zero-order chi connectivity index (χ0) is 25.4. The van der Waals surface area contributed by atoms with Crippen molar-refractivity contribution in [3.63, 3.8) is 0 Å². The van der Waals surface area contributed by atoms with Crippen LogP contribution < -0.4 is 5.32 Å². The lowest BCUT2D eigenvalue weighted by molar-refractivity contribution is -0.138. The van der Waals surface area contributed by atoms with Gasteiger partial charge in [0.1, 0.15) is 5.69 Å². The predicted molar refractivity (Wildman–Crippen MR) is 116 cm³/mol. The molecule has 0 saturated carbocycles. The number of halogens is 5. The van der Waals surface area contributed by atoms with E-state index in [0.717, 1.165) is 4.90 Å². The van der Waals surface area contributed by atoms with Crippen LogP contribution >= 0.6 is 0 Å². The van der Waals surface area contributed by atoms with E-state index in [1.807, 2.05) is 0 Å². The van der Waals surface area contributed by atoms with Gasteiger partial charge in [-0.15, -0.1) is 0 Å². The quantitative estimate of drug-likeness (QED) is 0.541. The number of anilines is 1. The second-order valence-corrected chi connectivity index (χ2v) is 8.49. The van der Waals surface area contributed by atoms with E-state index in [-0.39, 0.29) is 23.8 Å². The minimum atomic E-state index is -4.58. The third-order valence-corrected chi connectivity index (χ3v) is 5.76. The van der Waals surface area contributed by atoms with Crippen LogP contribution in [0.1, 0.15) is 29.3 Å². The monoisotopic (exact) mass is 495 g/mol. The van der Waals surface area contributed by atoms with Crippen LogP contribution in [-0.2, 0) is 13.2 Å². The van der Waals surface area contributed by atoms with Gasteiger partial charge >= 0.3 is 6.18 Å². The Labute approximate surface area is 197 Å². The number of hydrogen-bond donors (Lipinski definition) is 1. The van der Waals surface area contributed by atoms with Crippen molar-refractivity contribution in [1.29, 1.82) is 0 Å². The molecular weight excluding hydrogens is 473 g/mol. The molecule has 0 aromatic carbocycles. The molecule has 2 atom stereocenters. The van der Waals surface area contributed by atoms with Crippen molar-refractivity contribution in [3.05, 3.63) is 54.1 Å². The van der Waals surface area contributed by atoms with Gasteiger partial charge in [-0.1, -0.05) is 13.0 Å². The summed E-state index contributed by atoms with van der Waals surface area (Å²) in [6, 6.07) is 4.38. The van der Waals surface area contributed by atoms with Crippen LogP contribution in [0.15, 0.2) is 43.0 Å². The van der Waals surface area contributed by atoms with E-state index in [2.05, 4.69) is 25.4 Å². The molecule has 1 aliphatic rings. The molecule has 186 valence electrons. The number of amides is 1. The minimum absolute atomic E-state index is 0.0342. The second-order valence-electron chi connectivity index (χ2n) is 8.49. The Morgan fingerprint density at radius 2 is 1.91 bits per heavy atom. The van der Waals surface area contributed by atoms with Gasteiger partial charge in [-0.3, -0.25) is 14.5 Å². The van der Waals surface area contributed by atoms with E-state index in [1.54, 1.807) is 32.2 Å². The molecule has 8 nitrogen and oxygen atoms in total. The van der Waals surface area contributed by atoms with Crippen molar-refractivity contribution in [2.45, 2.75) is 31.5 Å². The Hall–Kier alpha value is -3.64. The number of nitrogens with one attached hydrogen (secondary N) is 1. The zero-order valence-corrected chi connectivity index (χ0v) is 18.8. The first kappa shape index (κ1) is 24.5. The SMILES string of the molecule is CC1CC(F)(F)CN(C(=O)c2cn(C)nc2-c2ccccn2)C1CNc1ncc(C(F)(F)F)cn1. The van der Waals surface area contributed by atoms with Crippen molar-refractivity contribution in [2.24, 2.45) is 13.0 Å². The molecule has 0 aliphatic carbocycles. The molecule has 4 heterocycles. The summed E-state index contributed by atoms with van der Waals surface area (Å²) in [7, 11) is 1.61. The molecule has 0 radical (unpaired) electrons. The highest BCUT2D eigenvalue weighted by molar-refractivity contribution is 5.99. The number of pyridine rings is 1. The van der Waals surface area contributed by atoms with E-state index in [9.17, 15) is 26.7 Å². The van der Waals surface area contributed by atoms with Gasteiger partial charge in [0, 0.05) is 44.8 Å². The Balaban J connectivity index is 1.60. The van der Waals surface area contributed by atoms with Crippen molar-refractivity contribution in [3.8, 4) is 11.4 Å². The molecule has 0 bridgehead atoms. The van der Waals surface area contributed by atoms with Crippen LogP contribution in [0.5, 0.6) is 0 Å². The molecule has 0 spiro atoms. The van der Waals surface area contributed by atoms with E-state index < -0.39 is 48.5 Å². The summed E-state index contributed by atoms with van der Waals surface area (Å²) in [4.78, 5) is 26.1. The fourth-order valence-electron chi connectivity index (χ4n) is 4.13. The van der Waals surface area contributed by atoms with E-state index >= 15 is 0 Å². The molecule has 13 heteroatoms. The Morgan fingerprint density at radius 1 is 1.20 bits per heavy atom. The number of carbonyl (C=O) groups excluding carboxylic acids is 1. The predicted octanol–water partition coefficient (Wildman–Crippen LogP) is 3.89. The number of hydrogen-bond acceptors (Lipinski definition) is 6. The summed E-state index contributed by atoms with van der Waals surface area (Å²) in [6.07, 6.45) is -0.784. The van der Waals surface area contributed by atoms with Crippen molar-refractivity contribution in [1.82, 2.24) is 29.6 Å². The van der Waals surface area contributed by atoms with E-state index in [0.29, 0.717) is 18.1 Å². The fourth-order valence-corrected chi connectivity index (χ4v) is 4.13. The molecule has 1 fully saturated rings. The molecule has 1 N–H and O–H groups in total. The zero-order valence-electron chi connectivity index (χ0n) is 18.8. The molecule has 3 aromatic heterocycles. The van der Waals surface area contributed by atoms with Gasteiger partial charge in [0.25, 0.3) is 11.8 Å². The summed E-state index contributed by atoms with van der Waals surface area (Å²) < 4.78 is 68.7. The topological polar surface area (TPSA) is 88.8 Å². The number of likely N-dealkylation sites (tertiary alicyclic amines) is 1. The molecule has 1 aliphatic heterocycles. The Kier molecular flexibility index (Phi) is 6.43. The standard InChI is InChI=1S/C22H22F5N7O/c1-13-7-21(23,24)12-34(17(13)10-31-20-29-8-14(9-30-20)22(25,26)27)19(35)15-11-33(2)32-18(15)16-5-3-4-6-28-16/h3-6,8-9,11,13,17H,7,10,12H2,1-2H3,(H,29,30,31). The smallest absolute Gasteiger partial charge is 0.352 e. The van der Waals surface area contributed by atoms with Gasteiger partial charge in [-0.25, -0.2) is 18.7 Å². The maximum Gasteiger partial charge on any atom is 0.419 e. The first-order valence-corrected chi connectivity index (χ1v) is 10.7. The van der Waals surface area contributed by atoms with Gasteiger partial charge in [0.2, 0.25) is 5.95 Å². The first-order valence-electron chi connectivity index (χ1n) is 10.7. The highest BCUT2D eigenvalue weighted by Crippen LogP contribution is 2.36. The summed E-state index contributed by atoms with van der Waals surface area (Å²) in [5, 5.41) is 7.07. The van der Waals surface area contributed by atoms with E-state index in [4.69, 9.17) is 0 Å². The van der Waals surface area contributed by atoms with Gasteiger partial charge in [0.05, 0.1) is 29.4 Å². The minimum Gasteiger partial charge on any atom is -0.352 e. The third-order valence-electron chi connectivity index (χ3n) is 5.76. The largest absolute Gasteiger partial charge is 0.419 e. The van der Waals surface area contributed by atoms with Crippen molar-refractivity contribution in [2.75, 3.05) is 18.4 Å². The van der Waals surface area contributed by atoms with Crippen LogP contribution in [0, 0.1) is 5.92 Å². The third kappa shape index (κ3) is 5.38.